The third kappa shape index (κ3) is 4.05. The van der Waals surface area contributed by atoms with Crippen LogP contribution in [0.15, 0.2) is 30.3 Å². The lowest BCUT2D eigenvalue weighted by atomic mass is 10.0. The second-order valence-corrected chi connectivity index (χ2v) is 6.21. The topological polar surface area (TPSA) is 103 Å². The molecule has 5 atom stereocenters. The average molecular weight is 336 g/mol. The van der Waals surface area contributed by atoms with Crippen molar-refractivity contribution in [2.75, 3.05) is 19.8 Å². The Bertz CT molecular complexity index is 541. The van der Waals surface area contributed by atoms with Crippen molar-refractivity contribution in [1.29, 1.82) is 0 Å². The zero-order valence-electron chi connectivity index (χ0n) is 13.5. The van der Waals surface area contributed by atoms with Gasteiger partial charge in [-0.1, -0.05) is 30.3 Å². The van der Waals surface area contributed by atoms with Crippen LogP contribution in [0.5, 0.6) is 0 Å². The average Bonchev–Trinajstić information content (AvgIpc) is 3.19. The van der Waals surface area contributed by atoms with Crippen molar-refractivity contribution >= 4 is 6.09 Å². The molecule has 7 heteroatoms. The molecule has 24 heavy (non-hydrogen) atoms. The molecule has 0 bridgehead atoms. The van der Waals surface area contributed by atoms with Crippen molar-refractivity contribution in [3.63, 3.8) is 0 Å². The van der Waals surface area contributed by atoms with E-state index in [9.17, 15) is 9.90 Å². The maximum absolute atomic E-state index is 12.2. The molecule has 0 aliphatic carbocycles. The zero-order valence-corrected chi connectivity index (χ0v) is 13.5. The van der Waals surface area contributed by atoms with E-state index >= 15 is 0 Å². The van der Waals surface area contributed by atoms with Crippen LogP contribution in [0.2, 0.25) is 0 Å². The van der Waals surface area contributed by atoms with Gasteiger partial charge in [0.2, 0.25) is 0 Å². The Labute approximate surface area is 141 Å². The van der Waals surface area contributed by atoms with E-state index in [-0.39, 0.29) is 24.9 Å². The number of ether oxygens (including phenoxy) is 3. The van der Waals surface area contributed by atoms with Gasteiger partial charge in [0.15, 0.2) is 6.29 Å². The number of aliphatic hydroxyl groups excluding tert-OH is 1. The van der Waals surface area contributed by atoms with Crippen molar-refractivity contribution in [1.82, 2.24) is 5.32 Å². The molecule has 7 nitrogen and oxygen atoms in total. The molecule has 2 heterocycles. The first kappa shape index (κ1) is 17.2. The third-order valence-corrected chi connectivity index (χ3v) is 4.55. The van der Waals surface area contributed by atoms with E-state index in [0.717, 1.165) is 12.0 Å². The summed E-state index contributed by atoms with van der Waals surface area (Å²) in [5.74, 6) is 0.0859. The lowest BCUT2D eigenvalue weighted by molar-refractivity contribution is -0.0907. The number of rotatable bonds is 6. The van der Waals surface area contributed by atoms with Crippen LogP contribution in [0.4, 0.5) is 4.79 Å². The highest BCUT2D eigenvalue weighted by molar-refractivity contribution is 5.68. The predicted octanol–water partition coefficient (Wildman–Crippen LogP) is 0.405. The Hall–Kier alpha value is -1.67. The molecule has 4 N–H and O–H groups in total. The quantitative estimate of drug-likeness (QED) is 0.695. The van der Waals surface area contributed by atoms with E-state index in [1.54, 1.807) is 0 Å². The number of aliphatic hydroxyl groups is 1. The van der Waals surface area contributed by atoms with Gasteiger partial charge in [0.25, 0.3) is 0 Å². The fourth-order valence-electron chi connectivity index (χ4n) is 3.19. The van der Waals surface area contributed by atoms with Gasteiger partial charge >= 0.3 is 6.09 Å². The van der Waals surface area contributed by atoms with Gasteiger partial charge < -0.3 is 30.4 Å². The predicted molar refractivity (Wildman–Crippen MR) is 86.2 cm³/mol. The number of amides is 1. The van der Waals surface area contributed by atoms with Crippen LogP contribution in [0.1, 0.15) is 12.0 Å². The Morgan fingerprint density at radius 2 is 2.17 bits per heavy atom. The van der Waals surface area contributed by atoms with Gasteiger partial charge in [0.05, 0.1) is 31.3 Å². The van der Waals surface area contributed by atoms with Crippen LogP contribution in [-0.2, 0) is 20.6 Å². The summed E-state index contributed by atoms with van der Waals surface area (Å²) in [5, 5.41) is 12.8. The molecule has 1 aromatic rings. The second-order valence-electron chi connectivity index (χ2n) is 6.21. The van der Waals surface area contributed by atoms with Crippen LogP contribution in [0.25, 0.3) is 0 Å². The molecule has 1 aromatic carbocycles. The zero-order chi connectivity index (χ0) is 16.9. The van der Waals surface area contributed by atoms with Gasteiger partial charge in [-0.25, -0.2) is 4.79 Å². The van der Waals surface area contributed by atoms with Crippen molar-refractivity contribution in [3.8, 4) is 0 Å². The fraction of sp³-hybridized carbons (Fsp3) is 0.588. The van der Waals surface area contributed by atoms with Gasteiger partial charge in [-0.3, -0.25) is 0 Å². The number of nitrogens with one attached hydrogen (secondary N) is 1. The Balaban J connectivity index is 1.56. The van der Waals surface area contributed by atoms with Gasteiger partial charge in [0.1, 0.15) is 6.10 Å². The number of carbonyl (C=O) groups excluding carboxylic acids is 1. The van der Waals surface area contributed by atoms with Crippen LogP contribution < -0.4 is 11.1 Å². The van der Waals surface area contributed by atoms with Crippen molar-refractivity contribution in [2.24, 2.45) is 11.7 Å². The van der Waals surface area contributed by atoms with Gasteiger partial charge in [-0.15, -0.1) is 0 Å². The van der Waals surface area contributed by atoms with Crippen molar-refractivity contribution in [3.05, 3.63) is 35.9 Å². The number of carbonyl (C=O) groups is 1. The van der Waals surface area contributed by atoms with Gasteiger partial charge in [0, 0.05) is 6.54 Å². The second kappa shape index (κ2) is 7.94. The summed E-state index contributed by atoms with van der Waals surface area (Å²) in [6.07, 6.45) is -0.696. The van der Waals surface area contributed by atoms with Crippen LogP contribution in [-0.4, -0.2) is 55.5 Å². The highest BCUT2D eigenvalue weighted by Gasteiger charge is 2.44. The normalized spacial score (nSPS) is 28.2. The summed E-state index contributed by atoms with van der Waals surface area (Å²) in [5.41, 5.74) is 6.56. The molecule has 2 aliphatic rings. The molecule has 2 aliphatic heterocycles. The van der Waals surface area contributed by atoms with Crippen molar-refractivity contribution < 1.29 is 24.1 Å². The van der Waals surface area contributed by atoms with E-state index in [2.05, 4.69) is 5.32 Å². The minimum atomic E-state index is -0.847. The highest BCUT2D eigenvalue weighted by atomic mass is 16.7. The lowest BCUT2D eigenvalue weighted by Crippen LogP contribution is -2.49. The Morgan fingerprint density at radius 1 is 1.38 bits per heavy atom. The summed E-state index contributed by atoms with van der Waals surface area (Å²) < 4.78 is 16.4. The monoisotopic (exact) mass is 336 g/mol. The molecule has 1 amide bonds. The number of hydrogen-bond donors (Lipinski definition) is 3. The number of benzene rings is 1. The van der Waals surface area contributed by atoms with E-state index in [1.165, 1.54) is 0 Å². The van der Waals surface area contributed by atoms with E-state index in [0.29, 0.717) is 19.6 Å². The Morgan fingerprint density at radius 3 is 2.92 bits per heavy atom. The molecule has 2 saturated heterocycles. The molecule has 132 valence electrons. The number of alkyl carbamates (subject to hydrolysis) is 1. The van der Waals surface area contributed by atoms with E-state index in [4.69, 9.17) is 19.9 Å². The van der Waals surface area contributed by atoms with Gasteiger partial charge in [-0.2, -0.15) is 0 Å². The molecular formula is C17H24N2O5. The maximum Gasteiger partial charge on any atom is 0.407 e. The summed E-state index contributed by atoms with van der Waals surface area (Å²) in [6.45, 7) is 1.02. The smallest absolute Gasteiger partial charge is 0.407 e. The number of hydrogen-bond acceptors (Lipinski definition) is 6. The largest absolute Gasteiger partial charge is 0.443 e. The minimum absolute atomic E-state index is 0.0584. The molecule has 0 unspecified atom stereocenters. The summed E-state index contributed by atoms with van der Waals surface area (Å²) >= 11 is 0. The number of fused-ring (bicyclic) bond motifs is 1. The van der Waals surface area contributed by atoms with Crippen LogP contribution in [0, 0.1) is 5.92 Å². The van der Waals surface area contributed by atoms with E-state index in [1.807, 2.05) is 30.3 Å². The van der Waals surface area contributed by atoms with Crippen molar-refractivity contribution in [2.45, 2.75) is 37.4 Å². The molecule has 0 radical (unpaired) electrons. The van der Waals surface area contributed by atoms with E-state index < -0.39 is 18.2 Å². The first-order valence-electron chi connectivity index (χ1n) is 8.30. The molecular weight excluding hydrogens is 312 g/mol. The molecule has 0 aromatic heterocycles. The standard InChI is InChI=1S/C17H24N2O5/c18-9-14(20)13(8-11-4-2-1-3-5-11)19-17(21)24-15-10-23-16-12(15)6-7-22-16/h1-5,12-16,20H,6-10,18H2,(H,19,21)/t12-,13-,14-,15-,16+/m0/s1. The molecule has 2 fully saturated rings. The lowest BCUT2D eigenvalue weighted by Gasteiger charge is -2.24. The van der Waals surface area contributed by atoms with Gasteiger partial charge in [-0.05, 0) is 18.4 Å². The summed E-state index contributed by atoms with van der Waals surface area (Å²) in [7, 11) is 0. The summed E-state index contributed by atoms with van der Waals surface area (Å²) in [6, 6.07) is 9.11. The Kier molecular flexibility index (Phi) is 5.68. The SMILES string of the molecule is NC[C@H](O)[C@H](Cc1ccccc1)NC(=O)O[C@H]1CO[C@H]2OCC[C@H]21. The first-order valence-corrected chi connectivity index (χ1v) is 8.30. The van der Waals surface area contributed by atoms with Crippen LogP contribution >= 0.6 is 0 Å². The fourth-order valence-corrected chi connectivity index (χ4v) is 3.19. The minimum Gasteiger partial charge on any atom is -0.443 e. The number of nitrogens with two attached hydrogens (primary N) is 1. The summed E-state index contributed by atoms with van der Waals surface area (Å²) in [4.78, 5) is 12.2. The molecule has 3 rings (SSSR count). The van der Waals surface area contributed by atoms with Crippen LogP contribution in [0.3, 0.4) is 0 Å². The molecule has 0 spiro atoms. The maximum atomic E-state index is 12.2. The molecule has 0 saturated carbocycles. The third-order valence-electron chi connectivity index (χ3n) is 4.55. The highest BCUT2D eigenvalue weighted by Crippen LogP contribution is 2.32. The first-order chi connectivity index (χ1) is 11.7.